The number of likely N-dealkylation sites (tertiary alicyclic amines) is 1. The molecule has 0 unspecified atom stereocenters. The van der Waals surface area contributed by atoms with Gasteiger partial charge < -0.3 is 10.1 Å². The fraction of sp³-hybridized carbons (Fsp3) is 0.700. The van der Waals surface area contributed by atoms with E-state index in [9.17, 15) is 4.79 Å². The molecule has 5 heteroatoms. The number of aromatic nitrogens is 1. The fourth-order valence-electron chi connectivity index (χ4n) is 3.81. The summed E-state index contributed by atoms with van der Waals surface area (Å²) in [6.45, 7) is 6.73. The minimum atomic E-state index is 0.182. The molecule has 3 rings (SSSR count). The number of rotatable bonds is 7. The molecule has 0 aromatic carbocycles. The van der Waals surface area contributed by atoms with Gasteiger partial charge in [-0.3, -0.25) is 14.7 Å². The van der Waals surface area contributed by atoms with Crippen molar-refractivity contribution in [3.8, 4) is 0 Å². The van der Waals surface area contributed by atoms with Crippen LogP contribution in [-0.2, 0) is 16.1 Å². The number of amides is 1. The van der Waals surface area contributed by atoms with Crippen LogP contribution in [0.25, 0.3) is 0 Å². The first-order valence-corrected chi connectivity index (χ1v) is 9.72. The van der Waals surface area contributed by atoms with Gasteiger partial charge in [-0.1, -0.05) is 6.07 Å². The maximum Gasteiger partial charge on any atom is 0.220 e. The molecular weight excluding hydrogens is 314 g/mol. The normalized spacial score (nSPS) is 22.2. The molecule has 0 bridgehead atoms. The molecule has 1 N–H and O–H groups in total. The predicted molar refractivity (Wildman–Crippen MR) is 98.2 cm³/mol. The van der Waals surface area contributed by atoms with E-state index in [1.54, 1.807) is 0 Å². The third kappa shape index (κ3) is 6.08. The van der Waals surface area contributed by atoms with Crippen LogP contribution in [0, 0.1) is 12.8 Å². The first kappa shape index (κ1) is 18.3. The molecular formula is C20H31N3O2. The Morgan fingerprint density at radius 1 is 1.32 bits per heavy atom. The van der Waals surface area contributed by atoms with Crippen molar-refractivity contribution in [3.05, 3.63) is 29.6 Å². The summed E-state index contributed by atoms with van der Waals surface area (Å²) in [4.78, 5) is 19.1. The molecule has 3 heterocycles. The number of aryl methyl sites for hydroxylation is 1. The van der Waals surface area contributed by atoms with Crippen molar-refractivity contribution in [1.82, 2.24) is 15.2 Å². The van der Waals surface area contributed by atoms with Gasteiger partial charge in [-0.05, 0) is 70.2 Å². The van der Waals surface area contributed by atoms with Crippen LogP contribution >= 0.6 is 0 Å². The molecule has 2 aliphatic heterocycles. The average molecular weight is 345 g/mol. The quantitative estimate of drug-likeness (QED) is 0.825. The number of hydrogen-bond donors (Lipinski definition) is 1. The third-order valence-corrected chi connectivity index (χ3v) is 5.37. The summed E-state index contributed by atoms with van der Waals surface area (Å²) < 4.78 is 5.54. The zero-order valence-corrected chi connectivity index (χ0v) is 15.4. The number of ether oxygens (including phenoxy) is 1. The number of piperidine rings is 1. The summed E-state index contributed by atoms with van der Waals surface area (Å²) in [5, 5.41) is 3.03. The molecule has 1 amide bonds. The van der Waals surface area contributed by atoms with Crippen molar-refractivity contribution in [3.63, 3.8) is 0 Å². The summed E-state index contributed by atoms with van der Waals surface area (Å²) in [6, 6.07) is 6.23. The van der Waals surface area contributed by atoms with Gasteiger partial charge in [0.1, 0.15) is 0 Å². The Hall–Kier alpha value is -1.46. The van der Waals surface area contributed by atoms with Crippen LogP contribution in [0.5, 0.6) is 0 Å². The van der Waals surface area contributed by atoms with Crippen molar-refractivity contribution in [2.24, 2.45) is 5.92 Å². The van der Waals surface area contributed by atoms with Gasteiger partial charge in [-0.15, -0.1) is 0 Å². The highest BCUT2D eigenvalue weighted by Crippen LogP contribution is 2.23. The summed E-state index contributed by atoms with van der Waals surface area (Å²) in [5.74, 6) is 0.858. The Balaban J connectivity index is 1.30. The third-order valence-electron chi connectivity index (χ3n) is 5.37. The molecule has 2 aliphatic rings. The first-order chi connectivity index (χ1) is 12.2. The number of carbonyl (C=O) groups excluding carboxylic acids is 1. The maximum atomic E-state index is 12.0. The van der Waals surface area contributed by atoms with Crippen LogP contribution in [0.15, 0.2) is 18.2 Å². The van der Waals surface area contributed by atoms with Crippen LogP contribution in [0.2, 0.25) is 0 Å². The first-order valence-electron chi connectivity index (χ1n) is 9.72. The zero-order valence-electron chi connectivity index (χ0n) is 15.4. The SMILES string of the molecule is Cc1cccc(CN2CCC(CCC(=O)NC[C@@H]3CCCO3)CC2)n1. The Morgan fingerprint density at radius 2 is 2.16 bits per heavy atom. The van der Waals surface area contributed by atoms with E-state index in [1.165, 1.54) is 12.8 Å². The Morgan fingerprint density at radius 3 is 2.88 bits per heavy atom. The minimum Gasteiger partial charge on any atom is -0.376 e. The van der Waals surface area contributed by atoms with Crippen molar-refractivity contribution in [2.75, 3.05) is 26.2 Å². The van der Waals surface area contributed by atoms with Crippen molar-refractivity contribution >= 4 is 5.91 Å². The van der Waals surface area contributed by atoms with Crippen LogP contribution < -0.4 is 5.32 Å². The van der Waals surface area contributed by atoms with E-state index >= 15 is 0 Å². The maximum absolute atomic E-state index is 12.0. The smallest absolute Gasteiger partial charge is 0.220 e. The highest BCUT2D eigenvalue weighted by atomic mass is 16.5. The predicted octanol–water partition coefficient (Wildman–Crippen LogP) is 2.68. The van der Waals surface area contributed by atoms with E-state index in [0.29, 0.717) is 18.9 Å². The largest absolute Gasteiger partial charge is 0.376 e. The Labute approximate surface area is 151 Å². The topological polar surface area (TPSA) is 54.5 Å². The van der Waals surface area contributed by atoms with E-state index in [4.69, 9.17) is 4.74 Å². The minimum absolute atomic E-state index is 0.182. The van der Waals surface area contributed by atoms with Gasteiger partial charge in [0, 0.05) is 31.8 Å². The molecule has 1 aromatic heterocycles. The van der Waals surface area contributed by atoms with Crippen molar-refractivity contribution < 1.29 is 9.53 Å². The van der Waals surface area contributed by atoms with E-state index < -0.39 is 0 Å². The van der Waals surface area contributed by atoms with Gasteiger partial charge >= 0.3 is 0 Å². The van der Waals surface area contributed by atoms with Gasteiger partial charge in [0.05, 0.1) is 11.8 Å². The van der Waals surface area contributed by atoms with Gasteiger partial charge in [0.2, 0.25) is 5.91 Å². The fourth-order valence-corrected chi connectivity index (χ4v) is 3.81. The monoisotopic (exact) mass is 345 g/mol. The summed E-state index contributed by atoms with van der Waals surface area (Å²) in [7, 11) is 0. The Kier molecular flexibility index (Phi) is 6.82. The van der Waals surface area contributed by atoms with E-state index in [1.807, 2.05) is 13.0 Å². The van der Waals surface area contributed by atoms with Gasteiger partial charge in [-0.2, -0.15) is 0 Å². The van der Waals surface area contributed by atoms with Crippen LogP contribution in [0.4, 0.5) is 0 Å². The second-order valence-corrected chi connectivity index (χ2v) is 7.47. The lowest BCUT2D eigenvalue weighted by Crippen LogP contribution is -2.35. The van der Waals surface area contributed by atoms with Gasteiger partial charge in [0.15, 0.2) is 0 Å². The molecule has 0 spiro atoms. The molecule has 0 aliphatic carbocycles. The molecule has 1 atom stereocenters. The molecule has 5 nitrogen and oxygen atoms in total. The number of nitrogens with one attached hydrogen (secondary N) is 1. The molecule has 0 radical (unpaired) electrons. The van der Waals surface area contributed by atoms with E-state index in [0.717, 1.165) is 56.9 Å². The lowest BCUT2D eigenvalue weighted by Gasteiger charge is -2.31. The highest BCUT2D eigenvalue weighted by molar-refractivity contribution is 5.75. The highest BCUT2D eigenvalue weighted by Gasteiger charge is 2.21. The summed E-state index contributed by atoms with van der Waals surface area (Å²) in [6.07, 6.45) is 6.47. The number of nitrogens with zero attached hydrogens (tertiary/aromatic N) is 2. The summed E-state index contributed by atoms with van der Waals surface area (Å²) in [5.41, 5.74) is 2.24. The van der Waals surface area contributed by atoms with Crippen LogP contribution in [0.1, 0.15) is 49.9 Å². The lowest BCUT2D eigenvalue weighted by molar-refractivity contribution is -0.122. The number of pyridine rings is 1. The van der Waals surface area contributed by atoms with Gasteiger partial charge in [0.25, 0.3) is 0 Å². The number of hydrogen-bond acceptors (Lipinski definition) is 4. The summed E-state index contributed by atoms with van der Waals surface area (Å²) >= 11 is 0. The number of carbonyl (C=O) groups is 1. The molecule has 1 aromatic rings. The van der Waals surface area contributed by atoms with Crippen LogP contribution in [-0.4, -0.2) is 48.1 Å². The van der Waals surface area contributed by atoms with Crippen molar-refractivity contribution in [1.29, 1.82) is 0 Å². The standard InChI is InChI=1S/C20H31N3O2/c1-16-4-2-5-18(22-16)15-23-11-9-17(10-12-23)7-8-20(24)21-14-19-6-3-13-25-19/h2,4-5,17,19H,3,6-15H2,1H3,(H,21,24)/t19-/m0/s1. The van der Waals surface area contributed by atoms with Crippen molar-refractivity contribution in [2.45, 2.75) is 58.1 Å². The second kappa shape index (κ2) is 9.30. The van der Waals surface area contributed by atoms with Crippen LogP contribution in [0.3, 0.4) is 0 Å². The lowest BCUT2D eigenvalue weighted by atomic mass is 9.92. The second-order valence-electron chi connectivity index (χ2n) is 7.47. The molecule has 138 valence electrons. The van der Waals surface area contributed by atoms with Gasteiger partial charge in [-0.25, -0.2) is 0 Å². The van der Waals surface area contributed by atoms with E-state index in [2.05, 4.69) is 27.3 Å². The zero-order chi connectivity index (χ0) is 17.5. The average Bonchev–Trinajstić information content (AvgIpc) is 3.13. The van der Waals surface area contributed by atoms with E-state index in [-0.39, 0.29) is 12.0 Å². The Bertz CT molecular complexity index is 550. The molecule has 2 saturated heterocycles. The molecule has 25 heavy (non-hydrogen) atoms. The molecule has 0 saturated carbocycles. The molecule has 2 fully saturated rings.